The molecule has 0 radical (unpaired) electrons. The second-order valence-electron chi connectivity index (χ2n) is 18.2. The van der Waals surface area contributed by atoms with Crippen molar-refractivity contribution in [3.63, 3.8) is 0 Å². The second-order valence-corrected chi connectivity index (χ2v) is 18.2. The Morgan fingerprint density at radius 1 is 0.212 bits per heavy atom. The van der Waals surface area contributed by atoms with Gasteiger partial charge in [0.05, 0.1) is 10.8 Å². The van der Waals surface area contributed by atoms with E-state index < -0.39 is 10.8 Å². The largest absolute Gasteiger partial charge is 0.0720 e. The quantitative estimate of drug-likeness (QED) is 0.157. The second kappa shape index (κ2) is 14.1. The Morgan fingerprint density at radius 3 is 1.05 bits per heavy atom. The minimum Gasteiger partial charge on any atom is -0.0622 e. The molecule has 0 heteroatoms. The normalized spacial score (nSPS) is 16.9. The Labute approximate surface area is 385 Å². The Hall–Kier alpha value is -8.32. The van der Waals surface area contributed by atoms with E-state index in [1.807, 2.05) is 0 Å². The molecule has 0 N–H and O–H groups in total. The summed E-state index contributed by atoms with van der Waals surface area (Å²) in [4.78, 5) is 0. The van der Waals surface area contributed by atoms with Crippen LogP contribution in [0.4, 0.5) is 0 Å². The van der Waals surface area contributed by atoms with Crippen LogP contribution in [0.2, 0.25) is 0 Å². The first-order valence-electron chi connectivity index (χ1n) is 23.2. The standard InChI is InChI=1S/C66H42/c1-5-17-43(18-6-1)47-29-35-51(36-30-47)65-57-40-34-49(45-21-9-3-10-22-45)41-56(57)62-54-26-14-13-25-53(54)61-55-39-33-50(46-23-11-4-12-24-46)42-60(55)66(63(61)64(62)65,59-28-16-15-27-58(59)65)52-37-31-48(32-38-52)44-19-7-2-8-20-44/h1-42H. The zero-order chi connectivity index (χ0) is 43.4. The van der Waals surface area contributed by atoms with Gasteiger partial charge in [-0.05, 0) is 134 Å². The summed E-state index contributed by atoms with van der Waals surface area (Å²) in [6.07, 6.45) is 0. The van der Waals surface area contributed by atoms with Gasteiger partial charge in [-0.25, -0.2) is 0 Å². The van der Waals surface area contributed by atoms with E-state index in [4.69, 9.17) is 0 Å². The van der Waals surface area contributed by atoms with Gasteiger partial charge in [-0.15, -0.1) is 0 Å². The fraction of sp³-hybridized carbons (Fsp3) is 0.0303. The van der Waals surface area contributed by atoms with E-state index in [0.29, 0.717) is 0 Å². The van der Waals surface area contributed by atoms with Crippen molar-refractivity contribution in [1.29, 1.82) is 0 Å². The third-order valence-corrected chi connectivity index (χ3v) is 15.2. The van der Waals surface area contributed by atoms with E-state index in [0.717, 1.165) is 0 Å². The Morgan fingerprint density at radius 2 is 0.561 bits per heavy atom. The van der Waals surface area contributed by atoms with Crippen molar-refractivity contribution in [2.75, 3.05) is 0 Å². The van der Waals surface area contributed by atoms with Crippen LogP contribution in [0.3, 0.4) is 0 Å². The van der Waals surface area contributed by atoms with Gasteiger partial charge in [0, 0.05) is 0 Å². The lowest BCUT2D eigenvalue weighted by Crippen LogP contribution is -2.43. The molecule has 0 nitrogen and oxygen atoms in total. The number of fused-ring (bicyclic) bond motifs is 12. The van der Waals surface area contributed by atoms with E-state index in [-0.39, 0.29) is 0 Å². The van der Waals surface area contributed by atoms with Crippen LogP contribution in [-0.4, -0.2) is 0 Å². The maximum atomic E-state index is 2.53. The van der Waals surface area contributed by atoms with Crippen LogP contribution in [0.1, 0.15) is 44.5 Å². The average Bonchev–Trinajstić information content (AvgIpc) is 3.89. The molecular formula is C66H42. The van der Waals surface area contributed by atoms with Crippen molar-refractivity contribution >= 4 is 10.8 Å². The zero-order valence-corrected chi connectivity index (χ0v) is 36.2. The first-order chi connectivity index (χ1) is 32.7. The summed E-state index contributed by atoms with van der Waals surface area (Å²) in [5, 5.41) is 2.60. The van der Waals surface area contributed by atoms with Gasteiger partial charge >= 0.3 is 0 Å². The molecule has 2 atom stereocenters. The highest BCUT2D eigenvalue weighted by Crippen LogP contribution is 2.72. The summed E-state index contributed by atoms with van der Waals surface area (Å²) >= 11 is 0. The molecule has 14 rings (SSSR count). The van der Waals surface area contributed by atoms with Crippen LogP contribution in [-0.2, 0) is 10.8 Å². The molecule has 0 bridgehead atoms. The highest BCUT2D eigenvalue weighted by molar-refractivity contribution is 6.16. The molecule has 2 unspecified atom stereocenters. The van der Waals surface area contributed by atoms with Crippen LogP contribution >= 0.6 is 0 Å². The smallest absolute Gasteiger partial charge is 0.0622 e. The maximum absolute atomic E-state index is 2.53. The van der Waals surface area contributed by atoms with Crippen LogP contribution in [0.5, 0.6) is 0 Å². The zero-order valence-electron chi connectivity index (χ0n) is 36.2. The molecule has 66 heavy (non-hydrogen) atoms. The number of hydrogen-bond acceptors (Lipinski definition) is 0. The third kappa shape index (κ3) is 4.93. The minimum atomic E-state index is -0.632. The lowest BCUT2D eigenvalue weighted by Gasteiger charge is -2.48. The number of rotatable bonds is 6. The summed E-state index contributed by atoms with van der Waals surface area (Å²) in [7, 11) is 0. The summed E-state index contributed by atoms with van der Waals surface area (Å²) in [6, 6.07) is 96.0. The summed E-state index contributed by atoms with van der Waals surface area (Å²) in [5.74, 6) is 0. The molecule has 0 amide bonds. The van der Waals surface area contributed by atoms with Gasteiger partial charge in [-0.1, -0.05) is 243 Å². The van der Waals surface area contributed by atoms with E-state index in [1.165, 1.54) is 122 Å². The van der Waals surface area contributed by atoms with Crippen molar-refractivity contribution in [3.05, 3.63) is 299 Å². The molecule has 0 saturated heterocycles. The Balaban J connectivity index is 1.17. The summed E-state index contributed by atoms with van der Waals surface area (Å²) in [5.41, 5.74) is 24.6. The third-order valence-electron chi connectivity index (χ3n) is 15.2. The molecule has 0 aliphatic heterocycles. The Bertz CT molecular complexity index is 3700. The van der Waals surface area contributed by atoms with Crippen LogP contribution in [0.15, 0.2) is 255 Å². The number of hydrogen-bond donors (Lipinski definition) is 0. The van der Waals surface area contributed by atoms with Crippen LogP contribution in [0.25, 0.3) is 77.5 Å². The maximum Gasteiger partial charge on any atom is 0.0720 e. The van der Waals surface area contributed by atoms with Crippen molar-refractivity contribution in [2.45, 2.75) is 10.8 Å². The van der Waals surface area contributed by atoms with Gasteiger partial charge in [0.25, 0.3) is 0 Å². The predicted octanol–water partition coefficient (Wildman–Crippen LogP) is 16.5. The van der Waals surface area contributed by atoms with Crippen LogP contribution in [0, 0.1) is 0 Å². The topological polar surface area (TPSA) is 0 Å². The molecule has 11 aromatic carbocycles. The van der Waals surface area contributed by atoms with Crippen molar-refractivity contribution in [1.82, 2.24) is 0 Å². The van der Waals surface area contributed by atoms with Gasteiger partial charge in [0.15, 0.2) is 0 Å². The summed E-state index contributed by atoms with van der Waals surface area (Å²) in [6.45, 7) is 0. The fourth-order valence-corrected chi connectivity index (χ4v) is 12.5. The lowest BCUT2D eigenvalue weighted by molar-refractivity contribution is 0.640. The molecule has 0 saturated carbocycles. The van der Waals surface area contributed by atoms with Crippen molar-refractivity contribution in [2.24, 2.45) is 0 Å². The first-order valence-corrected chi connectivity index (χ1v) is 23.2. The van der Waals surface area contributed by atoms with E-state index in [1.54, 1.807) is 0 Å². The molecule has 0 aromatic heterocycles. The van der Waals surface area contributed by atoms with Gasteiger partial charge in [-0.2, -0.15) is 0 Å². The molecule has 306 valence electrons. The van der Waals surface area contributed by atoms with Crippen molar-refractivity contribution < 1.29 is 0 Å². The van der Waals surface area contributed by atoms with Crippen LogP contribution < -0.4 is 0 Å². The van der Waals surface area contributed by atoms with Gasteiger partial charge in [-0.3, -0.25) is 0 Å². The van der Waals surface area contributed by atoms with E-state index in [9.17, 15) is 0 Å². The predicted molar refractivity (Wildman–Crippen MR) is 274 cm³/mol. The molecule has 0 spiro atoms. The minimum absolute atomic E-state index is 0.613. The molecular weight excluding hydrogens is 793 g/mol. The average molecular weight is 835 g/mol. The summed E-state index contributed by atoms with van der Waals surface area (Å²) < 4.78 is 0. The SMILES string of the molecule is c1ccc(-c2ccc(C34c5ccc(-c6ccccc6)cc5-c5c3c3c(c6ccccc56)-c5ccc(-c6ccccc6)cc5C3(c3ccc(-c5ccccc5)cc3)c3ccccc34)cc2)cc1. The number of benzene rings is 11. The monoisotopic (exact) mass is 834 g/mol. The van der Waals surface area contributed by atoms with Gasteiger partial charge < -0.3 is 0 Å². The van der Waals surface area contributed by atoms with E-state index >= 15 is 0 Å². The Kier molecular flexibility index (Phi) is 7.92. The molecule has 0 heterocycles. The first kappa shape index (κ1) is 37.1. The van der Waals surface area contributed by atoms with E-state index in [2.05, 4.69) is 255 Å². The van der Waals surface area contributed by atoms with Crippen molar-refractivity contribution in [3.8, 4) is 66.8 Å². The fourth-order valence-electron chi connectivity index (χ4n) is 12.5. The highest BCUT2D eigenvalue weighted by Gasteiger charge is 2.61. The molecule has 3 aliphatic rings. The molecule has 0 fully saturated rings. The van der Waals surface area contributed by atoms with Gasteiger partial charge in [0.2, 0.25) is 0 Å². The molecule has 11 aromatic rings. The lowest BCUT2D eigenvalue weighted by atomic mass is 9.52. The highest BCUT2D eigenvalue weighted by atomic mass is 14.6. The van der Waals surface area contributed by atoms with Gasteiger partial charge in [0.1, 0.15) is 0 Å². The molecule has 3 aliphatic carbocycles.